The molecule has 0 aromatic heterocycles. The van der Waals surface area contributed by atoms with Gasteiger partial charge in [0.15, 0.2) is 0 Å². The fraction of sp³-hybridized carbons (Fsp3) is 0.273. The molecule has 0 aliphatic heterocycles. The second-order valence-corrected chi connectivity index (χ2v) is 4.78. The SMILES string of the molecule is CC(CNC(=O)c1ccc(I)c(O)c1)C(=O)O. The summed E-state index contributed by atoms with van der Waals surface area (Å²) in [5.41, 5.74) is 0.306. The van der Waals surface area contributed by atoms with Gasteiger partial charge in [-0.05, 0) is 40.8 Å². The molecule has 1 rings (SSSR count). The molecule has 17 heavy (non-hydrogen) atoms. The summed E-state index contributed by atoms with van der Waals surface area (Å²) in [4.78, 5) is 22.2. The van der Waals surface area contributed by atoms with Crippen LogP contribution in [0.5, 0.6) is 5.75 Å². The van der Waals surface area contributed by atoms with Crippen molar-refractivity contribution in [3.8, 4) is 5.75 Å². The van der Waals surface area contributed by atoms with Crippen molar-refractivity contribution in [1.29, 1.82) is 0 Å². The van der Waals surface area contributed by atoms with E-state index in [1.165, 1.54) is 13.0 Å². The summed E-state index contributed by atoms with van der Waals surface area (Å²) in [5, 5.41) is 20.6. The molecule has 1 aromatic carbocycles. The molecule has 0 fully saturated rings. The maximum atomic E-state index is 11.6. The normalized spacial score (nSPS) is 11.9. The molecular formula is C11H12INO4. The third kappa shape index (κ3) is 3.88. The number of rotatable bonds is 4. The molecule has 1 amide bonds. The first-order chi connectivity index (χ1) is 7.91. The lowest BCUT2D eigenvalue weighted by atomic mass is 10.1. The van der Waals surface area contributed by atoms with Crippen molar-refractivity contribution < 1.29 is 19.8 Å². The third-order valence-corrected chi connectivity index (χ3v) is 3.11. The van der Waals surface area contributed by atoms with Gasteiger partial charge in [0.25, 0.3) is 5.91 Å². The molecule has 0 radical (unpaired) electrons. The zero-order valence-corrected chi connectivity index (χ0v) is 11.3. The van der Waals surface area contributed by atoms with Crippen molar-refractivity contribution in [2.24, 2.45) is 5.92 Å². The van der Waals surface area contributed by atoms with E-state index in [0.29, 0.717) is 9.13 Å². The first-order valence-corrected chi connectivity index (χ1v) is 5.99. The summed E-state index contributed by atoms with van der Waals surface area (Å²) in [6.07, 6.45) is 0. The highest BCUT2D eigenvalue weighted by Crippen LogP contribution is 2.20. The molecule has 0 aliphatic rings. The fourth-order valence-electron chi connectivity index (χ4n) is 1.09. The van der Waals surface area contributed by atoms with Crippen LogP contribution in [0.25, 0.3) is 0 Å². The number of hydrogen-bond acceptors (Lipinski definition) is 3. The van der Waals surface area contributed by atoms with E-state index in [4.69, 9.17) is 5.11 Å². The molecule has 92 valence electrons. The second kappa shape index (κ2) is 5.85. The van der Waals surface area contributed by atoms with Gasteiger partial charge < -0.3 is 15.5 Å². The number of aromatic hydroxyl groups is 1. The van der Waals surface area contributed by atoms with Crippen molar-refractivity contribution >= 4 is 34.5 Å². The lowest BCUT2D eigenvalue weighted by Crippen LogP contribution is -2.31. The molecule has 6 heteroatoms. The number of phenols is 1. The summed E-state index contributed by atoms with van der Waals surface area (Å²) in [5.74, 6) is -1.97. The molecule has 3 N–H and O–H groups in total. The predicted molar refractivity (Wildman–Crippen MR) is 70.0 cm³/mol. The third-order valence-electron chi connectivity index (χ3n) is 2.20. The molecule has 0 heterocycles. The largest absolute Gasteiger partial charge is 0.507 e. The van der Waals surface area contributed by atoms with Gasteiger partial charge in [0.2, 0.25) is 0 Å². The number of carboxylic acid groups (broad SMARTS) is 1. The molecule has 1 atom stereocenters. The van der Waals surface area contributed by atoms with E-state index in [0.717, 1.165) is 0 Å². The Morgan fingerprint density at radius 1 is 1.47 bits per heavy atom. The molecule has 1 unspecified atom stereocenters. The van der Waals surface area contributed by atoms with Crippen LogP contribution < -0.4 is 5.32 Å². The van der Waals surface area contributed by atoms with Crippen LogP contribution in [0.15, 0.2) is 18.2 Å². The Morgan fingerprint density at radius 3 is 2.65 bits per heavy atom. The van der Waals surface area contributed by atoms with Crippen LogP contribution in [0.1, 0.15) is 17.3 Å². The minimum Gasteiger partial charge on any atom is -0.507 e. The Labute approximate surface area is 112 Å². The van der Waals surface area contributed by atoms with E-state index < -0.39 is 17.8 Å². The van der Waals surface area contributed by atoms with Gasteiger partial charge in [-0.1, -0.05) is 6.92 Å². The van der Waals surface area contributed by atoms with Gasteiger partial charge in [0.05, 0.1) is 9.49 Å². The zero-order chi connectivity index (χ0) is 13.0. The Morgan fingerprint density at radius 2 is 2.12 bits per heavy atom. The Balaban J connectivity index is 2.64. The van der Waals surface area contributed by atoms with Gasteiger partial charge in [-0.3, -0.25) is 9.59 Å². The highest BCUT2D eigenvalue weighted by atomic mass is 127. The molecule has 0 saturated carbocycles. The second-order valence-electron chi connectivity index (χ2n) is 3.62. The number of carbonyl (C=O) groups excluding carboxylic acids is 1. The number of carbonyl (C=O) groups is 2. The van der Waals surface area contributed by atoms with Crippen molar-refractivity contribution in [3.05, 3.63) is 27.3 Å². The monoisotopic (exact) mass is 349 g/mol. The molecule has 0 spiro atoms. The summed E-state index contributed by atoms with van der Waals surface area (Å²) < 4.78 is 0.651. The van der Waals surface area contributed by atoms with E-state index in [1.54, 1.807) is 12.1 Å². The summed E-state index contributed by atoms with van der Waals surface area (Å²) in [7, 11) is 0. The van der Waals surface area contributed by atoms with Crippen molar-refractivity contribution in [3.63, 3.8) is 0 Å². The smallest absolute Gasteiger partial charge is 0.308 e. The zero-order valence-electron chi connectivity index (χ0n) is 9.11. The number of carboxylic acids is 1. The minimum absolute atomic E-state index is 0.0320. The van der Waals surface area contributed by atoms with Crippen LogP contribution in [-0.2, 0) is 4.79 Å². The quantitative estimate of drug-likeness (QED) is 0.718. The molecule has 0 aliphatic carbocycles. The van der Waals surface area contributed by atoms with Gasteiger partial charge in [-0.25, -0.2) is 0 Å². The number of amides is 1. The predicted octanol–water partition coefficient (Wildman–Crippen LogP) is 1.45. The Hall–Kier alpha value is -1.31. The number of benzene rings is 1. The van der Waals surface area contributed by atoms with Gasteiger partial charge in [-0.2, -0.15) is 0 Å². The van der Waals surface area contributed by atoms with E-state index >= 15 is 0 Å². The fourth-order valence-corrected chi connectivity index (χ4v) is 1.42. The lowest BCUT2D eigenvalue weighted by Gasteiger charge is -2.08. The summed E-state index contributed by atoms with van der Waals surface area (Å²) >= 11 is 1.95. The highest BCUT2D eigenvalue weighted by Gasteiger charge is 2.13. The lowest BCUT2D eigenvalue weighted by molar-refractivity contribution is -0.140. The topological polar surface area (TPSA) is 86.6 Å². The van der Waals surface area contributed by atoms with Crippen LogP contribution >= 0.6 is 22.6 Å². The van der Waals surface area contributed by atoms with Crippen molar-refractivity contribution in [2.45, 2.75) is 6.92 Å². The van der Waals surface area contributed by atoms with E-state index in [2.05, 4.69) is 5.32 Å². The maximum absolute atomic E-state index is 11.6. The number of halogens is 1. The van der Waals surface area contributed by atoms with E-state index in [-0.39, 0.29) is 12.3 Å². The maximum Gasteiger partial charge on any atom is 0.308 e. The number of aliphatic carboxylic acids is 1. The number of hydrogen-bond donors (Lipinski definition) is 3. The van der Waals surface area contributed by atoms with Gasteiger partial charge in [0, 0.05) is 12.1 Å². The molecular weight excluding hydrogens is 337 g/mol. The van der Waals surface area contributed by atoms with Crippen LogP contribution in [-0.4, -0.2) is 28.6 Å². The van der Waals surface area contributed by atoms with Crippen LogP contribution in [0, 0.1) is 9.49 Å². The highest BCUT2D eigenvalue weighted by molar-refractivity contribution is 14.1. The molecule has 0 saturated heterocycles. The average Bonchev–Trinajstić information content (AvgIpc) is 2.28. The molecule has 5 nitrogen and oxygen atoms in total. The van der Waals surface area contributed by atoms with Gasteiger partial charge >= 0.3 is 5.97 Å². The first-order valence-electron chi connectivity index (χ1n) is 4.91. The van der Waals surface area contributed by atoms with Crippen molar-refractivity contribution in [2.75, 3.05) is 6.54 Å². The number of nitrogens with one attached hydrogen (secondary N) is 1. The Bertz CT molecular complexity index is 447. The average molecular weight is 349 g/mol. The summed E-state index contributed by atoms with van der Waals surface area (Å²) in [6.45, 7) is 1.56. The van der Waals surface area contributed by atoms with E-state index in [1.807, 2.05) is 22.6 Å². The first kappa shape index (κ1) is 13.8. The van der Waals surface area contributed by atoms with Crippen LogP contribution in [0.4, 0.5) is 0 Å². The minimum atomic E-state index is -0.962. The van der Waals surface area contributed by atoms with Gasteiger partial charge in [0.1, 0.15) is 5.75 Å². The number of phenolic OH excluding ortho intramolecular Hbond substituents is 1. The summed E-state index contributed by atoms with van der Waals surface area (Å²) in [6, 6.07) is 4.54. The van der Waals surface area contributed by atoms with Crippen molar-refractivity contribution in [1.82, 2.24) is 5.32 Å². The molecule has 1 aromatic rings. The van der Waals surface area contributed by atoms with Gasteiger partial charge in [-0.15, -0.1) is 0 Å². The standard InChI is InChI=1S/C11H12INO4/c1-6(11(16)17)5-13-10(15)7-2-3-8(12)9(14)4-7/h2-4,6,14H,5H2,1H3,(H,13,15)(H,16,17). The van der Waals surface area contributed by atoms with E-state index in [9.17, 15) is 14.7 Å². The Kier molecular flexibility index (Phi) is 4.73. The van der Waals surface area contributed by atoms with Crippen LogP contribution in [0.3, 0.4) is 0 Å². The van der Waals surface area contributed by atoms with Crippen LogP contribution in [0.2, 0.25) is 0 Å². The molecule has 0 bridgehead atoms.